The number of rotatable bonds is 8. The first kappa shape index (κ1) is 17.4. The zero-order valence-electron chi connectivity index (χ0n) is 14.7. The first-order valence-electron chi connectivity index (χ1n) is 8.43. The number of hydrogen-bond donors (Lipinski definition) is 1. The molecule has 0 aliphatic heterocycles. The van der Waals surface area contributed by atoms with E-state index in [1.165, 1.54) is 0 Å². The van der Waals surface area contributed by atoms with Crippen molar-refractivity contribution in [2.75, 3.05) is 6.54 Å². The third-order valence-corrected chi connectivity index (χ3v) is 4.07. The Labute approximate surface area is 147 Å². The number of aliphatic hydroxyl groups excluding tert-OH is 1. The Balaban J connectivity index is 1.66. The molecule has 1 atom stereocenters. The average molecular weight is 340 g/mol. The maximum absolute atomic E-state index is 10.6. The molecule has 132 valence electrons. The van der Waals surface area contributed by atoms with E-state index in [4.69, 9.17) is 4.42 Å². The van der Waals surface area contributed by atoms with Gasteiger partial charge >= 0.3 is 0 Å². The van der Waals surface area contributed by atoms with Crippen LogP contribution in [0.15, 0.2) is 53.4 Å². The third kappa shape index (κ3) is 5.01. The van der Waals surface area contributed by atoms with Gasteiger partial charge in [0.15, 0.2) is 0 Å². The van der Waals surface area contributed by atoms with Crippen LogP contribution in [0.5, 0.6) is 0 Å². The second-order valence-corrected chi connectivity index (χ2v) is 6.37. The number of pyridine rings is 1. The first-order chi connectivity index (χ1) is 12.1. The fourth-order valence-corrected chi connectivity index (χ4v) is 2.97. The van der Waals surface area contributed by atoms with Crippen molar-refractivity contribution in [2.45, 2.75) is 39.6 Å². The Morgan fingerprint density at radius 3 is 2.64 bits per heavy atom. The number of aromatic nitrogens is 3. The summed E-state index contributed by atoms with van der Waals surface area (Å²) < 4.78 is 7.33. The summed E-state index contributed by atoms with van der Waals surface area (Å²) in [6.07, 6.45) is 4.72. The zero-order valence-corrected chi connectivity index (χ0v) is 14.7. The van der Waals surface area contributed by atoms with Crippen molar-refractivity contribution < 1.29 is 9.52 Å². The fraction of sp³-hybridized carbons (Fsp3) is 0.368. The molecule has 1 unspecified atom stereocenters. The molecule has 3 rings (SSSR count). The van der Waals surface area contributed by atoms with Crippen molar-refractivity contribution in [3.05, 3.63) is 71.7 Å². The van der Waals surface area contributed by atoms with E-state index in [1.54, 1.807) is 18.7 Å². The molecule has 3 aromatic heterocycles. The Morgan fingerprint density at radius 1 is 1.20 bits per heavy atom. The highest BCUT2D eigenvalue weighted by molar-refractivity contribution is 5.10. The lowest BCUT2D eigenvalue weighted by Crippen LogP contribution is -2.34. The van der Waals surface area contributed by atoms with Crippen LogP contribution in [0.2, 0.25) is 0 Å². The maximum Gasteiger partial charge on any atom is 0.117 e. The second-order valence-electron chi connectivity index (χ2n) is 6.37. The topological polar surface area (TPSA) is 67.3 Å². The SMILES string of the molecule is Cc1cc(C)n(CC(O)CN(Cc2ccncc2)Cc2ccco2)n1. The van der Waals surface area contributed by atoms with Gasteiger partial charge in [-0.2, -0.15) is 5.10 Å². The third-order valence-electron chi connectivity index (χ3n) is 4.07. The van der Waals surface area contributed by atoms with Crippen LogP contribution in [0.1, 0.15) is 22.7 Å². The predicted molar refractivity (Wildman–Crippen MR) is 94.8 cm³/mol. The van der Waals surface area contributed by atoms with E-state index in [0.29, 0.717) is 19.6 Å². The zero-order chi connectivity index (χ0) is 17.6. The monoisotopic (exact) mass is 340 g/mol. The van der Waals surface area contributed by atoms with Gasteiger partial charge in [-0.3, -0.25) is 14.6 Å². The van der Waals surface area contributed by atoms with E-state index in [1.807, 2.05) is 48.9 Å². The van der Waals surface area contributed by atoms with Crippen LogP contribution in [0.25, 0.3) is 0 Å². The molecular weight excluding hydrogens is 316 g/mol. The normalized spacial score (nSPS) is 12.6. The van der Waals surface area contributed by atoms with Crippen molar-refractivity contribution >= 4 is 0 Å². The fourth-order valence-electron chi connectivity index (χ4n) is 2.97. The number of nitrogens with zero attached hydrogens (tertiary/aromatic N) is 4. The Bertz CT molecular complexity index is 768. The molecule has 3 aromatic rings. The molecule has 0 aliphatic rings. The van der Waals surface area contributed by atoms with Crippen molar-refractivity contribution in [3.63, 3.8) is 0 Å². The maximum atomic E-state index is 10.6. The van der Waals surface area contributed by atoms with Gasteiger partial charge < -0.3 is 9.52 Å². The molecule has 3 heterocycles. The molecule has 6 nitrogen and oxygen atoms in total. The minimum absolute atomic E-state index is 0.477. The number of hydrogen-bond acceptors (Lipinski definition) is 5. The summed E-state index contributed by atoms with van der Waals surface area (Å²) in [6.45, 7) is 6.33. The number of furan rings is 1. The average Bonchev–Trinajstić information content (AvgIpc) is 3.18. The van der Waals surface area contributed by atoms with Gasteiger partial charge in [0.05, 0.1) is 31.2 Å². The van der Waals surface area contributed by atoms with Gasteiger partial charge in [-0.25, -0.2) is 0 Å². The minimum Gasteiger partial charge on any atom is -0.468 e. The largest absolute Gasteiger partial charge is 0.468 e. The Hall–Kier alpha value is -2.44. The van der Waals surface area contributed by atoms with E-state index in [2.05, 4.69) is 15.0 Å². The van der Waals surface area contributed by atoms with Crippen LogP contribution in [0, 0.1) is 13.8 Å². The summed E-state index contributed by atoms with van der Waals surface area (Å²) >= 11 is 0. The van der Waals surface area contributed by atoms with E-state index in [9.17, 15) is 5.11 Å². The van der Waals surface area contributed by atoms with Crippen LogP contribution in [0.4, 0.5) is 0 Å². The molecule has 0 amide bonds. The lowest BCUT2D eigenvalue weighted by Gasteiger charge is -2.24. The van der Waals surface area contributed by atoms with Gasteiger partial charge in [-0.05, 0) is 49.7 Å². The summed E-state index contributed by atoms with van der Waals surface area (Å²) in [7, 11) is 0. The van der Waals surface area contributed by atoms with E-state index in [-0.39, 0.29) is 0 Å². The predicted octanol–water partition coefficient (Wildman–Crippen LogP) is 2.55. The van der Waals surface area contributed by atoms with E-state index in [0.717, 1.165) is 29.3 Å². The van der Waals surface area contributed by atoms with Gasteiger partial charge in [0.25, 0.3) is 0 Å². The highest BCUT2D eigenvalue weighted by Crippen LogP contribution is 2.12. The smallest absolute Gasteiger partial charge is 0.117 e. The minimum atomic E-state index is -0.519. The van der Waals surface area contributed by atoms with Crippen molar-refractivity contribution in [3.8, 4) is 0 Å². The Morgan fingerprint density at radius 2 is 2.00 bits per heavy atom. The molecular formula is C19H24N4O2. The molecule has 25 heavy (non-hydrogen) atoms. The van der Waals surface area contributed by atoms with Crippen LogP contribution in [-0.4, -0.2) is 37.4 Å². The standard InChI is InChI=1S/C19H24N4O2/c1-15-10-16(2)23(21-15)13-18(24)12-22(14-19-4-3-9-25-19)11-17-5-7-20-8-6-17/h3-10,18,24H,11-14H2,1-2H3. The molecule has 0 saturated heterocycles. The van der Waals surface area contributed by atoms with Crippen LogP contribution >= 0.6 is 0 Å². The summed E-state index contributed by atoms with van der Waals surface area (Å²) in [5.74, 6) is 0.882. The lowest BCUT2D eigenvalue weighted by atomic mass is 10.2. The van der Waals surface area contributed by atoms with Crippen LogP contribution < -0.4 is 0 Å². The van der Waals surface area contributed by atoms with Crippen LogP contribution in [0.3, 0.4) is 0 Å². The molecule has 6 heteroatoms. The quantitative estimate of drug-likeness (QED) is 0.682. The van der Waals surface area contributed by atoms with Crippen LogP contribution in [-0.2, 0) is 19.6 Å². The lowest BCUT2D eigenvalue weighted by molar-refractivity contribution is 0.0839. The summed E-state index contributed by atoms with van der Waals surface area (Å²) in [5, 5.41) is 15.0. The van der Waals surface area contributed by atoms with Crippen molar-refractivity contribution in [1.82, 2.24) is 19.7 Å². The van der Waals surface area contributed by atoms with Gasteiger partial charge in [-0.1, -0.05) is 0 Å². The molecule has 0 spiro atoms. The van der Waals surface area contributed by atoms with E-state index >= 15 is 0 Å². The molecule has 0 bridgehead atoms. The van der Waals surface area contributed by atoms with Gasteiger partial charge in [-0.15, -0.1) is 0 Å². The second kappa shape index (κ2) is 8.09. The highest BCUT2D eigenvalue weighted by atomic mass is 16.3. The molecule has 1 N–H and O–H groups in total. The molecule has 0 saturated carbocycles. The molecule has 0 aliphatic carbocycles. The van der Waals surface area contributed by atoms with Crippen molar-refractivity contribution in [1.29, 1.82) is 0 Å². The summed E-state index contributed by atoms with van der Waals surface area (Å²) in [6, 6.07) is 9.83. The van der Waals surface area contributed by atoms with Gasteiger partial charge in [0.1, 0.15) is 5.76 Å². The number of aryl methyl sites for hydroxylation is 2. The molecule has 0 fully saturated rings. The summed E-state index contributed by atoms with van der Waals surface area (Å²) in [4.78, 5) is 6.23. The molecule has 0 radical (unpaired) electrons. The van der Waals surface area contributed by atoms with Gasteiger partial charge in [0, 0.05) is 31.2 Å². The number of aliphatic hydroxyl groups is 1. The van der Waals surface area contributed by atoms with Crippen molar-refractivity contribution in [2.24, 2.45) is 0 Å². The van der Waals surface area contributed by atoms with Gasteiger partial charge in [0.2, 0.25) is 0 Å². The molecule has 0 aromatic carbocycles. The van der Waals surface area contributed by atoms with E-state index < -0.39 is 6.10 Å². The first-order valence-corrected chi connectivity index (χ1v) is 8.43. The Kier molecular flexibility index (Phi) is 5.63. The highest BCUT2D eigenvalue weighted by Gasteiger charge is 2.16. The summed E-state index contributed by atoms with van der Waals surface area (Å²) in [5.41, 5.74) is 3.18.